The molecule has 0 fully saturated rings. The van der Waals surface area contributed by atoms with Crippen molar-refractivity contribution in [2.45, 2.75) is 12.8 Å². The summed E-state index contributed by atoms with van der Waals surface area (Å²) in [6.07, 6.45) is 5.31. The SMILES string of the molecule is COC(=O)c1c(F)cccc1-c1nc(C2=CNCCC2)cnc1N. The molecule has 124 valence electrons. The van der Waals surface area contributed by atoms with Crippen LogP contribution in [0, 0.1) is 5.82 Å². The molecule has 1 aliphatic heterocycles. The maximum absolute atomic E-state index is 14.1. The van der Waals surface area contributed by atoms with Crippen LogP contribution in [0.2, 0.25) is 0 Å². The van der Waals surface area contributed by atoms with Crippen LogP contribution in [-0.2, 0) is 4.74 Å². The van der Waals surface area contributed by atoms with Crippen LogP contribution in [0.1, 0.15) is 28.9 Å². The van der Waals surface area contributed by atoms with Crippen LogP contribution in [0.5, 0.6) is 0 Å². The lowest BCUT2D eigenvalue weighted by Crippen LogP contribution is -2.14. The monoisotopic (exact) mass is 328 g/mol. The summed E-state index contributed by atoms with van der Waals surface area (Å²) in [4.78, 5) is 20.6. The minimum absolute atomic E-state index is 0.124. The number of nitrogens with two attached hydrogens (primary N) is 1. The van der Waals surface area contributed by atoms with Crippen molar-refractivity contribution in [1.29, 1.82) is 0 Å². The molecule has 0 saturated heterocycles. The Hall–Kier alpha value is -2.96. The lowest BCUT2D eigenvalue weighted by atomic mass is 10.0. The van der Waals surface area contributed by atoms with Crippen molar-refractivity contribution in [1.82, 2.24) is 15.3 Å². The highest BCUT2D eigenvalue weighted by atomic mass is 19.1. The molecule has 0 aliphatic carbocycles. The number of hydrogen-bond acceptors (Lipinski definition) is 6. The summed E-state index contributed by atoms with van der Waals surface area (Å²) in [6.45, 7) is 0.912. The van der Waals surface area contributed by atoms with Gasteiger partial charge in [-0.15, -0.1) is 0 Å². The van der Waals surface area contributed by atoms with Crippen molar-refractivity contribution >= 4 is 17.4 Å². The maximum atomic E-state index is 14.1. The molecule has 0 saturated carbocycles. The fourth-order valence-electron chi connectivity index (χ4n) is 2.63. The van der Waals surface area contributed by atoms with Gasteiger partial charge in [0.05, 0.1) is 19.0 Å². The van der Waals surface area contributed by atoms with E-state index in [0.29, 0.717) is 5.69 Å². The molecule has 6 nitrogen and oxygen atoms in total. The fraction of sp³-hybridized carbons (Fsp3) is 0.235. The Balaban J connectivity index is 2.15. The van der Waals surface area contributed by atoms with E-state index in [9.17, 15) is 9.18 Å². The number of anilines is 1. The van der Waals surface area contributed by atoms with Crippen LogP contribution < -0.4 is 11.1 Å². The molecule has 3 N–H and O–H groups in total. The summed E-state index contributed by atoms with van der Waals surface area (Å²) in [5.74, 6) is -1.35. The van der Waals surface area contributed by atoms with Crippen LogP contribution in [0.25, 0.3) is 16.8 Å². The van der Waals surface area contributed by atoms with E-state index in [1.165, 1.54) is 19.2 Å². The number of halogens is 1. The van der Waals surface area contributed by atoms with Crippen LogP contribution in [0.15, 0.2) is 30.6 Å². The first-order chi connectivity index (χ1) is 11.6. The highest BCUT2D eigenvalue weighted by Crippen LogP contribution is 2.30. The number of nitrogen functional groups attached to an aromatic ring is 1. The number of methoxy groups -OCH3 is 1. The number of allylic oxidation sites excluding steroid dienone is 1. The van der Waals surface area contributed by atoms with E-state index in [1.54, 1.807) is 12.3 Å². The Kier molecular flexibility index (Phi) is 4.41. The number of hydrogen-bond donors (Lipinski definition) is 2. The predicted octanol–water partition coefficient (Wildman–Crippen LogP) is 2.38. The van der Waals surface area contributed by atoms with Crippen molar-refractivity contribution in [3.63, 3.8) is 0 Å². The Morgan fingerprint density at radius 1 is 1.42 bits per heavy atom. The summed E-state index contributed by atoms with van der Waals surface area (Å²) in [5, 5.41) is 3.16. The molecule has 7 heteroatoms. The molecule has 1 aromatic carbocycles. The normalized spacial score (nSPS) is 13.8. The number of carbonyl (C=O) groups is 1. The minimum Gasteiger partial charge on any atom is -0.465 e. The summed E-state index contributed by atoms with van der Waals surface area (Å²) in [5.41, 5.74) is 7.89. The number of esters is 1. The van der Waals surface area contributed by atoms with E-state index >= 15 is 0 Å². The molecule has 0 atom stereocenters. The Morgan fingerprint density at radius 2 is 2.25 bits per heavy atom. The van der Waals surface area contributed by atoms with Gasteiger partial charge in [0.1, 0.15) is 22.9 Å². The highest BCUT2D eigenvalue weighted by Gasteiger charge is 2.22. The van der Waals surface area contributed by atoms with E-state index < -0.39 is 11.8 Å². The average Bonchev–Trinajstić information content (AvgIpc) is 2.62. The van der Waals surface area contributed by atoms with Crippen molar-refractivity contribution in [2.24, 2.45) is 0 Å². The molecule has 1 aromatic heterocycles. The Morgan fingerprint density at radius 3 is 2.96 bits per heavy atom. The first kappa shape index (κ1) is 15.9. The van der Waals surface area contributed by atoms with Gasteiger partial charge in [0.25, 0.3) is 0 Å². The van der Waals surface area contributed by atoms with Crippen LogP contribution in [0.3, 0.4) is 0 Å². The zero-order valence-corrected chi connectivity index (χ0v) is 13.2. The van der Waals surface area contributed by atoms with Gasteiger partial charge in [0, 0.05) is 18.3 Å². The third kappa shape index (κ3) is 2.92. The van der Waals surface area contributed by atoms with Gasteiger partial charge in [-0.25, -0.2) is 19.2 Å². The lowest BCUT2D eigenvalue weighted by Gasteiger charge is -2.15. The number of nitrogens with one attached hydrogen (secondary N) is 1. The molecule has 0 unspecified atom stereocenters. The number of carbonyl (C=O) groups excluding carboxylic acids is 1. The zero-order valence-electron chi connectivity index (χ0n) is 13.2. The first-order valence-corrected chi connectivity index (χ1v) is 7.54. The molecule has 0 amide bonds. The van der Waals surface area contributed by atoms with Crippen LogP contribution >= 0.6 is 0 Å². The molecule has 0 bridgehead atoms. The molecular formula is C17H17FN4O2. The van der Waals surface area contributed by atoms with E-state index in [0.717, 1.165) is 25.0 Å². The minimum atomic E-state index is -0.784. The standard InChI is InChI=1S/C17H17FN4O2/c1-24-17(23)14-11(5-2-6-12(14)18)15-16(19)21-9-13(22-15)10-4-3-7-20-8-10/h2,5-6,8-9,20H,3-4,7H2,1H3,(H2,19,21). The maximum Gasteiger partial charge on any atom is 0.341 e. The summed E-state index contributed by atoms with van der Waals surface area (Å²) in [7, 11) is 1.20. The largest absolute Gasteiger partial charge is 0.465 e. The molecule has 0 spiro atoms. The van der Waals surface area contributed by atoms with Gasteiger partial charge in [-0.3, -0.25) is 0 Å². The molecular weight excluding hydrogens is 311 g/mol. The van der Waals surface area contributed by atoms with E-state index in [4.69, 9.17) is 5.73 Å². The second-order valence-electron chi connectivity index (χ2n) is 5.37. The van der Waals surface area contributed by atoms with Crippen molar-refractivity contribution in [2.75, 3.05) is 19.4 Å². The van der Waals surface area contributed by atoms with E-state index in [-0.39, 0.29) is 22.6 Å². The number of aromatic nitrogens is 2. The zero-order chi connectivity index (χ0) is 17.1. The molecule has 24 heavy (non-hydrogen) atoms. The smallest absolute Gasteiger partial charge is 0.341 e. The molecule has 3 rings (SSSR count). The van der Waals surface area contributed by atoms with Gasteiger partial charge < -0.3 is 15.8 Å². The van der Waals surface area contributed by atoms with Gasteiger partial charge >= 0.3 is 5.97 Å². The van der Waals surface area contributed by atoms with Gasteiger partial charge in [-0.05, 0) is 24.5 Å². The second kappa shape index (κ2) is 6.66. The highest BCUT2D eigenvalue weighted by molar-refractivity contribution is 5.98. The number of nitrogens with zero attached hydrogens (tertiary/aromatic N) is 2. The predicted molar refractivity (Wildman–Crippen MR) is 88.4 cm³/mol. The summed E-state index contributed by atoms with van der Waals surface area (Å²) in [6, 6.07) is 4.26. The van der Waals surface area contributed by atoms with Gasteiger partial charge in [-0.1, -0.05) is 12.1 Å². The topological polar surface area (TPSA) is 90.1 Å². The quantitative estimate of drug-likeness (QED) is 0.841. The third-order valence-corrected chi connectivity index (χ3v) is 3.83. The Labute approximate surface area is 138 Å². The van der Waals surface area contributed by atoms with Gasteiger partial charge in [0.2, 0.25) is 0 Å². The average molecular weight is 328 g/mol. The summed E-state index contributed by atoms with van der Waals surface area (Å²) >= 11 is 0. The van der Waals surface area contributed by atoms with Crippen molar-refractivity contribution in [3.8, 4) is 11.3 Å². The van der Waals surface area contributed by atoms with E-state index in [1.807, 2.05) is 6.20 Å². The lowest BCUT2D eigenvalue weighted by molar-refractivity contribution is 0.0596. The van der Waals surface area contributed by atoms with Crippen LogP contribution in [0.4, 0.5) is 10.2 Å². The number of benzene rings is 1. The molecule has 2 heterocycles. The van der Waals surface area contributed by atoms with E-state index in [2.05, 4.69) is 20.0 Å². The third-order valence-electron chi connectivity index (χ3n) is 3.83. The second-order valence-corrected chi connectivity index (χ2v) is 5.37. The number of ether oxygens (including phenoxy) is 1. The Bertz CT molecular complexity index is 820. The van der Waals surface area contributed by atoms with Crippen molar-refractivity contribution in [3.05, 3.63) is 47.7 Å². The molecule has 1 aliphatic rings. The summed E-state index contributed by atoms with van der Waals surface area (Å²) < 4.78 is 18.8. The first-order valence-electron chi connectivity index (χ1n) is 7.54. The number of rotatable bonds is 3. The van der Waals surface area contributed by atoms with Crippen molar-refractivity contribution < 1.29 is 13.9 Å². The molecule has 2 aromatic rings. The fourth-order valence-corrected chi connectivity index (χ4v) is 2.63. The molecule has 0 radical (unpaired) electrons. The van der Waals surface area contributed by atoms with Gasteiger partial charge in [0.15, 0.2) is 0 Å². The van der Waals surface area contributed by atoms with Crippen LogP contribution in [-0.4, -0.2) is 29.6 Å². The van der Waals surface area contributed by atoms with Gasteiger partial charge in [-0.2, -0.15) is 0 Å².